The second-order valence-corrected chi connectivity index (χ2v) is 4.89. The van der Waals surface area contributed by atoms with E-state index in [-0.39, 0.29) is 0 Å². The third kappa shape index (κ3) is 2.80. The number of fused-ring (bicyclic) bond motifs is 1. The van der Waals surface area contributed by atoms with Crippen molar-refractivity contribution in [1.29, 1.82) is 0 Å². The van der Waals surface area contributed by atoms with Crippen molar-refractivity contribution in [3.63, 3.8) is 0 Å². The van der Waals surface area contributed by atoms with E-state index in [1.54, 1.807) is 0 Å². The van der Waals surface area contributed by atoms with Gasteiger partial charge in [-0.15, -0.1) is 0 Å². The molecule has 16 heavy (non-hydrogen) atoms. The van der Waals surface area contributed by atoms with Crippen LogP contribution in [-0.2, 0) is 13.0 Å². The minimum absolute atomic E-state index is 1.07. The third-order valence-corrected chi connectivity index (χ3v) is 3.13. The summed E-state index contributed by atoms with van der Waals surface area (Å²) in [5, 5.41) is 0. The molecule has 0 aromatic carbocycles. The fourth-order valence-electron chi connectivity index (χ4n) is 2.12. The van der Waals surface area contributed by atoms with E-state index >= 15 is 0 Å². The monoisotopic (exact) mass is 219 g/mol. The SMILES string of the molecule is Cc1ccc2c(n1)CCN(CCN(C)C)C2. The summed E-state index contributed by atoms with van der Waals surface area (Å²) in [6.07, 6.45) is 1.10. The molecule has 0 radical (unpaired) electrons. The highest BCUT2D eigenvalue weighted by molar-refractivity contribution is 5.24. The predicted molar refractivity (Wildman–Crippen MR) is 66.5 cm³/mol. The van der Waals surface area contributed by atoms with Gasteiger partial charge in [0.15, 0.2) is 0 Å². The Morgan fingerprint density at radius 2 is 2.19 bits per heavy atom. The van der Waals surface area contributed by atoms with Crippen LogP contribution in [0.4, 0.5) is 0 Å². The van der Waals surface area contributed by atoms with E-state index in [4.69, 9.17) is 0 Å². The number of likely N-dealkylation sites (N-methyl/N-ethyl adjacent to an activating group) is 1. The van der Waals surface area contributed by atoms with Gasteiger partial charge in [-0.05, 0) is 32.6 Å². The molecule has 88 valence electrons. The normalized spacial score (nSPS) is 16.5. The molecular weight excluding hydrogens is 198 g/mol. The average Bonchev–Trinajstić information content (AvgIpc) is 2.26. The standard InChI is InChI=1S/C13H21N3/c1-11-4-5-12-10-16(9-8-15(2)3)7-6-13(12)14-11/h4-5H,6-10H2,1-3H3. The Balaban J connectivity index is 1.98. The van der Waals surface area contributed by atoms with Gasteiger partial charge in [0, 0.05) is 44.0 Å². The second-order valence-electron chi connectivity index (χ2n) is 4.89. The van der Waals surface area contributed by atoms with Crippen LogP contribution in [0.2, 0.25) is 0 Å². The highest BCUT2D eigenvalue weighted by Gasteiger charge is 2.16. The highest BCUT2D eigenvalue weighted by atomic mass is 15.2. The molecule has 1 aliphatic rings. The Morgan fingerprint density at radius 1 is 1.38 bits per heavy atom. The molecule has 3 nitrogen and oxygen atoms in total. The molecular formula is C13H21N3. The van der Waals surface area contributed by atoms with Gasteiger partial charge in [-0.1, -0.05) is 6.07 Å². The van der Waals surface area contributed by atoms with Crippen LogP contribution in [0.5, 0.6) is 0 Å². The molecule has 0 aliphatic carbocycles. The summed E-state index contributed by atoms with van der Waals surface area (Å²) in [6.45, 7) is 6.57. The zero-order chi connectivity index (χ0) is 11.5. The second kappa shape index (κ2) is 4.93. The molecule has 3 heteroatoms. The summed E-state index contributed by atoms with van der Waals surface area (Å²) >= 11 is 0. The molecule has 1 aliphatic heterocycles. The van der Waals surface area contributed by atoms with Crippen LogP contribution in [0.1, 0.15) is 17.0 Å². The fourth-order valence-corrected chi connectivity index (χ4v) is 2.12. The quantitative estimate of drug-likeness (QED) is 0.764. The van der Waals surface area contributed by atoms with Crippen molar-refractivity contribution in [2.45, 2.75) is 19.9 Å². The van der Waals surface area contributed by atoms with E-state index in [0.29, 0.717) is 0 Å². The largest absolute Gasteiger partial charge is 0.308 e. The van der Waals surface area contributed by atoms with Gasteiger partial charge in [0.1, 0.15) is 0 Å². The zero-order valence-corrected chi connectivity index (χ0v) is 10.5. The maximum atomic E-state index is 4.61. The van der Waals surface area contributed by atoms with Gasteiger partial charge in [-0.2, -0.15) is 0 Å². The molecule has 0 spiro atoms. The first-order chi connectivity index (χ1) is 7.65. The molecule has 0 amide bonds. The van der Waals surface area contributed by atoms with E-state index in [9.17, 15) is 0 Å². The fraction of sp³-hybridized carbons (Fsp3) is 0.615. The number of hydrogen-bond acceptors (Lipinski definition) is 3. The Hall–Kier alpha value is -0.930. The summed E-state index contributed by atoms with van der Waals surface area (Å²) in [4.78, 5) is 9.36. The van der Waals surface area contributed by atoms with E-state index < -0.39 is 0 Å². The molecule has 1 aromatic heterocycles. The molecule has 0 N–H and O–H groups in total. The third-order valence-electron chi connectivity index (χ3n) is 3.13. The molecule has 0 saturated carbocycles. The maximum Gasteiger partial charge on any atom is 0.0464 e. The Kier molecular flexibility index (Phi) is 3.56. The number of pyridine rings is 1. The van der Waals surface area contributed by atoms with Gasteiger partial charge in [0.25, 0.3) is 0 Å². The van der Waals surface area contributed by atoms with Gasteiger partial charge in [-0.3, -0.25) is 9.88 Å². The minimum atomic E-state index is 1.07. The van der Waals surface area contributed by atoms with Crippen molar-refractivity contribution in [1.82, 2.24) is 14.8 Å². The van der Waals surface area contributed by atoms with Gasteiger partial charge in [0.05, 0.1) is 0 Å². The summed E-state index contributed by atoms with van der Waals surface area (Å²) < 4.78 is 0. The highest BCUT2D eigenvalue weighted by Crippen LogP contribution is 2.17. The van der Waals surface area contributed by atoms with E-state index in [1.807, 2.05) is 0 Å². The van der Waals surface area contributed by atoms with Gasteiger partial charge in [-0.25, -0.2) is 0 Å². The average molecular weight is 219 g/mol. The van der Waals surface area contributed by atoms with Crippen molar-refractivity contribution in [3.05, 3.63) is 29.1 Å². The summed E-state index contributed by atoms with van der Waals surface area (Å²) in [6, 6.07) is 4.35. The summed E-state index contributed by atoms with van der Waals surface area (Å²) in [5.41, 5.74) is 3.86. The lowest BCUT2D eigenvalue weighted by molar-refractivity contribution is 0.223. The van der Waals surface area contributed by atoms with Crippen LogP contribution >= 0.6 is 0 Å². The first kappa shape index (κ1) is 11.6. The van der Waals surface area contributed by atoms with E-state index in [1.165, 1.54) is 11.3 Å². The van der Waals surface area contributed by atoms with Crippen LogP contribution in [0, 0.1) is 6.92 Å². The lowest BCUT2D eigenvalue weighted by Crippen LogP contribution is -2.36. The van der Waals surface area contributed by atoms with Crippen LogP contribution in [-0.4, -0.2) is 48.5 Å². The first-order valence-corrected chi connectivity index (χ1v) is 5.97. The minimum Gasteiger partial charge on any atom is -0.308 e. The topological polar surface area (TPSA) is 19.4 Å². The van der Waals surface area contributed by atoms with Crippen molar-refractivity contribution in [3.8, 4) is 0 Å². The van der Waals surface area contributed by atoms with Gasteiger partial charge in [0.2, 0.25) is 0 Å². The van der Waals surface area contributed by atoms with Crippen molar-refractivity contribution in [2.24, 2.45) is 0 Å². The smallest absolute Gasteiger partial charge is 0.0464 e. The first-order valence-electron chi connectivity index (χ1n) is 5.97. The Labute approximate surface area is 98.1 Å². The van der Waals surface area contributed by atoms with Crippen LogP contribution in [0.3, 0.4) is 0 Å². The molecule has 0 saturated heterocycles. The number of aromatic nitrogens is 1. The van der Waals surface area contributed by atoms with Gasteiger partial charge < -0.3 is 4.90 Å². The van der Waals surface area contributed by atoms with Crippen molar-refractivity contribution >= 4 is 0 Å². The number of rotatable bonds is 3. The molecule has 1 aromatic rings. The molecule has 0 unspecified atom stereocenters. The molecule has 2 heterocycles. The number of hydrogen-bond donors (Lipinski definition) is 0. The lowest BCUT2D eigenvalue weighted by Gasteiger charge is -2.29. The Morgan fingerprint density at radius 3 is 2.94 bits per heavy atom. The van der Waals surface area contributed by atoms with E-state index in [2.05, 4.69) is 47.9 Å². The van der Waals surface area contributed by atoms with Crippen LogP contribution in [0.25, 0.3) is 0 Å². The molecule has 2 rings (SSSR count). The number of nitrogens with zero attached hydrogens (tertiary/aromatic N) is 3. The maximum absolute atomic E-state index is 4.61. The van der Waals surface area contributed by atoms with Gasteiger partial charge >= 0.3 is 0 Å². The van der Waals surface area contributed by atoms with Crippen LogP contribution in [0.15, 0.2) is 12.1 Å². The molecule has 0 atom stereocenters. The lowest BCUT2D eigenvalue weighted by atomic mass is 10.1. The predicted octanol–water partition coefficient (Wildman–Crippen LogP) is 1.31. The van der Waals surface area contributed by atoms with E-state index in [0.717, 1.165) is 38.3 Å². The molecule has 0 fully saturated rings. The molecule has 0 bridgehead atoms. The number of aryl methyl sites for hydroxylation is 1. The van der Waals surface area contributed by atoms with Crippen LogP contribution < -0.4 is 0 Å². The van der Waals surface area contributed by atoms with Crippen molar-refractivity contribution in [2.75, 3.05) is 33.7 Å². The summed E-state index contributed by atoms with van der Waals surface area (Å²) in [7, 11) is 4.26. The summed E-state index contributed by atoms with van der Waals surface area (Å²) in [5.74, 6) is 0. The van der Waals surface area contributed by atoms with Crippen molar-refractivity contribution < 1.29 is 0 Å². The zero-order valence-electron chi connectivity index (χ0n) is 10.5. The Bertz CT molecular complexity index is 360.